The van der Waals surface area contributed by atoms with E-state index in [1.54, 1.807) is 0 Å². The number of ether oxygens (including phenoxy) is 1. The van der Waals surface area contributed by atoms with E-state index in [4.69, 9.17) is 9.26 Å². The molecule has 1 N–H and O–H groups in total. The molecule has 1 fully saturated rings. The van der Waals surface area contributed by atoms with Gasteiger partial charge in [0, 0.05) is 18.7 Å². The van der Waals surface area contributed by atoms with Crippen LogP contribution in [0.4, 0.5) is 0 Å². The van der Waals surface area contributed by atoms with Crippen LogP contribution in [-0.4, -0.2) is 30.3 Å². The molecule has 0 aromatic carbocycles. The van der Waals surface area contributed by atoms with Gasteiger partial charge in [0.05, 0.1) is 17.7 Å². The molecule has 2 heterocycles. The van der Waals surface area contributed by atoms with Crippen LogP contribution >= 0.6 is 0 Å². The maximum absolute atomic E-state index is 12.4. The second-order valence-corrected chi connectivity index (χ2v) is 6.17. The van der Waals surface area contributed by atoms with Gasteiger partial charge in [0.15, 0.2) is 0 Å². The Balaban J connectivity index is 1.86. The normalized spacial score (nSPS) is 22.5. The third kappa shape index (κ3) is 3.84. The molecule has 2 atom stereocenters. The van der Waals surface area contributed by atoms with Crippen LogP contribution in [0.2, 0.25) is 0 Å². The van der Waals surface area contributed by atoms with Gasteiger partial charge in [0.1, 0.15) is 5.76 Å². The lowest BCUT2D eigenvalue weighted by Crippen LogP contribution is -2.44. The Morgan fingerprint density at radius 1 is 1.43 bits per heavy atom. The standard InChI is InChI=1S/C16H26N2O3/c1-10(2)15-14(6-5-9-20-15)16(19)17-8-7-13-11(3)18-21-12(13)4/h10,14-15H,5-9H2,1-4H3,(H,17,19). The number of amides is 1. The smallest absolute Gasteiger partial charge is 0.225 e. The van der Waals surface area contributed by atoms with Gasteiger partial charge in [0.25, 0.3) is 0 Å². The molecular formula is C16H26N2O3. The van der Waals surface area contributed by atoms with Gasteiger partial charge in [-0.05, 0) is 39.0 Å². The summed E-state index contributed by atoms with van der Waals surface area (Å²) in [6.07, 6.45) is 2.68. The van der Waals surface area contributed by atoms with Crippen LogP contribution in [0.15, 0.2) is 4.52 Å². The highest BCUT2D eigenvalue weighted by molar-refractivity contribution is 5.79. The molecular weight excluding hydrogens is 268 g/mol. The monoisotopic (exact) mass is 294 g/mol. The number of carbonyl (C=O) groups is 1. The van der Waals surface area contributed by atoms with E-state index in [2.05, 4.69) is 24.3 Å². The third-order valence-corrected chi connectivity index (χ3v) is 4.22. The van der Waals surface area contributed by atoms with Crippen LogP contribution in [0.5, 0.6) is 0 Å². The van der Waals surface area contributed by atoms with Crippen molar-refractivity contribution < 1.29 is 14.1 Å². The van der Waals surface area contributed by atoms with Crippen LogP contribution in [0, 0.1) is 25.7 Å². The van der Waals surface area contributed by atoms with E-state index < -0.39 is 0 Å². The number of hydrogen-bond donors (Lipinski definition) is 1. The molecule has 0 aliphatic carbocycles. The molecule has 1 amide bonds. The number of nitrogens with one attached hydrogen (secondary N) is 1. The van der Waals surface area contributed by atoms with Crippen molar-refractivity contribution in [2.45, 2.75) is 53.1 Å². The average Bonchev–Trinajstić information content (AvgIpc) is 2.78. The highest BCUT2D eigenvalue weighted by Gasteiger charge is 2.33. The van der Waals surface area contributed by atoms with Gasteiger partial charge in [-0.1, -0.05) is 19.0 Å². The van der Waals surface area contributed by atoms with Crippen molar-refractivity contribution in [2.24, 2.45) is 11.8 Å². The second-order valence-electron chi connectivity index (χ2n) is 6.17. The van der Waals surface area contributed by atoms with E-state index in [1.807, 2.05) is 13.8 Å². The number of nitrogens with zero attached hydrogens (tertiary/aromatic N) is 1. The molecule has 2 unspecified atom stereocenters. The van der Waals surface area contributed by atoms with Gasteiger partial charge in [-0.2, -0.15) is 0 Å². The summed E-state index contributed by atoms with van der Waals surface area (Å²) in [6, 6.07) is 0. The predicted molar refractivity (Wildman–Crippen MR) is 80.0 cm³/mol. The van der Waals surface area contributed by atoms with Crippen molar-refractivity contribution in [2.75, 3.05) is 13.2 Å². The first-order valence-corrected chi connectivity index (χ1v) is 7.81. The first-order valence-electron chi connectivity index (χ1n) is 7.81. The first-order chi connectivity index (χ1) is 10.0. The Kier molecular flexibility index (Phi) is 5.39. The van der Waals surface area contributed by atoms with Crippen LogP contribution in [0.3, 0.4) is 0 Å². The van der Waals surface area contributed by atoms with E-state index >= 15 is 0 Å². The molecule has 0 bridgehead atoms. The number of rotatable bonds is 5. The molecule has 0 saturated carbocycles. The van der Waals surface area contributed by atoms with Crippen molar-refractivity contribution in [1.82, 2.24) is 10.5 Å². The largest absolute Gasteiger partial charge is 0.377 e. The van der Waals surface area contributed by atoms with Crippen LogP contribution in [0.25, 0.3) is 0 Å². The summed E-state index contributed by atoms with van der Waals surface area (Å²) in [5, 5.41) is 6.97. The molecule has 5 heteroatoms. The molecule has 5 nitrogen and oxygen atoms in total. The van der Waals surface area contributed by atoms with E-state index in [1.165, 1.54) is 0 Å². The minimum absolute atomic E-state index is 0.0246. The minimum Gasteiger partial charge on any atom is -0.377 e. The fraction of sp³-hybridized carbons (Fsp3) is 0.750. The lowest BCUT2D eigenvalue weighted by Gasteiger charge is -2.33. The predicted octanol–water partition coefficient (Wildman–Crippen LogP) is 2.40. The fourth-order valence-electron chi connectivity index (χ4n) is 3.04. The molecule has 1 aromatic rings. The SMILES string of the molecule is Cc1noc(C)c1CCNC(=O)C1CCCOC1C(C)C. The van der Waals surface area contributed by atoms with E-state index in [0.717, 1.165) is 42.9 Å². The quantitative estimate of drug-likeness (QED) is 0.905. The van der Waals surface area contributed by atoms with Gasteiger partial charge >= 0.3 is 0 Å². The Morgan fingerprint density at radius 3 is 2.81 bits per heavy atom. The Labute approximate surface area is 126 Å². The zero-order valence-electron chi connectivity index (χ0n) is 13.4. The molecule has 1 aliphatic heterocycles. The Bertz CT molecular complexity index is 462. The summed E-state index contributed by atoms with van der Waals surface area (Å²) in [4.78, 5) is 12.4. The maximum Gasteiger partial charge on any atom is 0.225 e. The van der Waals surface area contributed by atoms with Crippen LogP contribution in [0.1, 0.15) is 43.7 Å². The second kappa shape index (κ2) is 7.07. The molecule has 1 aliphatic rings. The molecule has 1 saturated heterocycles. The zero-order valence-corrected chi connectivity index (χ0v) is 13.4. The van der Waals surface area contributed by atoms with Gasteiger partial charge in [0.2, 0.25) is 5.91 Å². The van der Waals surface area contributed by atoms with Gasteiger partial charge in [-0.3, -0.25) is 4.79 Å². The summed E-state index contributed by atoms with van der Waals surface area (Å²) in [5.41, 5.74) is 2.00. The molecule has 118 valence electrons. The highest BCUT2D eigenvalue weighted by atomic mass is 16.5. The zero-order chi connectivity index (χ0) is 15.4. The molecule has 1 aromatic heterocycles. The number of aryl methyl sites for hydroxylation is 2. The Hall–Kier alpha value is -1.36. The van der Waals surface area contributed by atoms with Gasteiger partial charge < -0.3 is 14.6 Å². The summed E-state index contributed by atoms with van der Waals surface area (Å²) in [5.74, 6) is 1.29. The van der Waals surface area contributed by atoms with Crippen LogP contribution < -0.4 is 5.32 Å². The summed E-state index contributed by atoms with van der Waals surface area (Å²) < 4.78 is 10.9. The van der Waals surface area contributed by atoms with Crippen molar-refractivity contribution >= 4 is 5.91 Å². The number of hydrogen-bond acceptors (Lipinski definition) is 4. The highest BCUT2D eigenvalue weighted by Crippen LogP contribution is 2.26. The number of carbonyl (C=O) groups excluding carboxylic acids is 1. The van der Waals surface area contributed by atoms with Gasteiger partial charge in [-0.15, -0.1) is 0 Å². The topological polar surface area (TPSA) is 64.4 Å². The van der Waals surface area contributed by atoms with Crippen molar-refractivity contribution in [3.05, 3.63) is 17.0 Å². The van der Waals surface area contributed by atoms with Crippen molar-refractivity contribution in [1.29, 1.82) is 0 Å². The van der Waals surface area contributed by atoms with E-state index in [-0.39, 0.29) is 17.9 Å². The molecule has 21 heavy (non-hydrogen) atoms. The van der Waals surface area contributed by atoms with Gasteiger partial charge in [-0.25, -0.2) is 0 Å². The molecule has 0 spiro atoms. The lowest BCUT2D eigenvalue weighted by molar-refractivity contribution is -0.137. The van der Waals surface area contributed by atoms with E-state index in [9.17, 15) is 4.79 Å². The summed E-state index contributed by atoms with van der Waals surface area (Å²) >= 11 is 0. The molecule has 0 radical (unpaired) electrons. The summed E-state index contributed by atoms with van der Waals surface area (Å²) in [6.45, 7) is 9.44. The van der Waals surface area contributed by atoms with Crippen LogP contribution in [-0.2, 0) is 16.0 Å². The lowest BCUT2D eigenvalue weighted by atomic mass is 9.87. The first kappa shape index (κ1) is 16.0. The van der Waals surface area contributed by atoms with E-state index in [0.29, 0.717) is 12.5 Å². The van der Waals surface area contributed by atoms with Crippen molar-refractivity contribution in [3.8, 4) is 0 Å². The number of aromatic nitrogens is 1. The van der Waals surface area contributed by atoms with Crippen molar-refractivity contribution in [3.63, 3.8) is 0 Å². The molecule has 2 rings (SSSR count). The fourth-order valence-corrected chi connectivity index (χ4v) is 3.04. The third-order valence-electron chi connectivity index (χ3n) is 4.22. The summed E-state index contributed by atoms with van der Waals surface area (Å²) in [7, 11) is 0. The maximum atomic E-state index is 12.4. The minimum atomic E-state index is -0.0246. The Morgan fingerprint density at radius 2 is 2.19 bits per heavy atom. The average molecular weight is 294 g/mol.